The molecule has 3 atom stereocenters. The fraction of sp³-hybridized carbons (Fsp3) is 0.348. The van der Waals surface area contributed by atoms with Crippen LogP contribution in [0.5, 0.6) is 5.75 Å². The van der Waals surface area contributed by atoms with E-state index in [-0.39, 0.29) is 17.1 Å². The van der Waals surface area contributed by atoms with Crippen molar-refractivity contribution >= 4 is 32.8 Å². The SMILES string of the molecule is CCOc1ccc(S(=O)(=O)N2C[C@@H](n3nc(CC(=O)O)c4ccc(F)cc43)[C@@H](C)[C@@H]2C(N)=O)cc1. The van der Waals surface area contributed by atoms with Gasteiger partial charge in [0, 0.05) is 17.8 Å². The van der Waals surface area contributed by atoms with Crippen LogP contribution >= 0.6 is 0 Å². The third-order valence-corrected chi connectivity index (χ3v) is 8.06. The molecule has 0 saturated carbocycles. The lowest BCUT2D eigenvalue weighted by molar-refractivity contribution is -0.136. The summed E-state index contributed by atoms with van der Waals surface area (Å²) in [7, 11) is -4.14. The van der Waals surface area contributed by atoms with E-state index in [0.717, 1.165) is 4.31 Å². The van der Waals surface area contributed by atoms with Gasteiger partial charge in [-0.2, -0.15) is 9.40 Å². The summed E-state index contributed by atoms with van der Waals surface area (Å²) in [6.07, 6.45) is -0.399. The van der Waals surface area contributed by atoms with Crippen molar-refractivity contribution in [3.63, 3.8) is 0 Å². The molecule has 2 heterocycles. The number of ether oxygens (including phenoxy) is 1. The average Bonchev–Trinajstić information content (AvgIpc) is 3.31. The van der Waals surface area contributed by atoms with E-state index in [9.17, 15) is 27.5 Å². The molecule has 1 aliphatic heterocycles. The molecule has 35 heavy (non-hydrogen) atoms. The van der Waals surface area contributed by atoms with Crippen molar-refractivity contribution in [2.45, 2.75) is 37.2 Å². The molecule has 1 amide bonds. The summed E-state index contributed by atoms with van der Waals surface area (Å²) in [5.74, 6) is -2.63. The largest absolute Gasteiger partial charge is 0.494 e. The Morgan fingerprint density at radius 1 is 1.23 bits per heavy atom. The van der Waals surface area contributed by atoms with Crippen LogP contribution < -0.4 is 10.5 Å². The zero-order valence-electron chi connectivity index (χ0n) is 19.1. The molecule has 0 radical (unpaired) electrons. The Labute approximate surface area is 201 Å². The Morgan fingerprint density at radius 3 is 2.51 bits per heavy atom. The minimum absolute atomic E-state index is 0.0389. The number of carbonyl (C=O) groups is 2. The second-order valence-electron chi connectivity index (χ2n) is 8.38. The smallest absolute Gasteiger partial charge is 0.309 e. The Balaban J connectivity index is 1.78. The van der Waals surface area contributed by atoms with E-state index in [2.05, 4.69) is 5.10 Å². The molecule has 2 aromatic carbocycles. The first-order valence-electron chi connectivity index (χ1n) is 11.0. The lowest BCUT2D eigenvalue weighted by atomic mass is 9.98. The number of hydrogen-bond donors (Lipinski definition) is 2. The third kappa shape index (κ3) is 4.46. The average molecular weight is 505 g/mol. The molecule has 4 rings (SSSR count). The number of fused-ring (bicyclic) bond motifs is 1. The third-order valence-electron chi connectivity index (χ3n) is 6.19. The van der Waals surface area contributed by atoms with Crippen molar-refractivity contribution in [1.82, 2.24) is 14.1 Å². The summed E-state index contributed by atoms with van der Waals surface area (Å²) in [5, 5.41) is 14.1. The van der Waals surface area contributed by atoms with Crippen molar-refractivity contribution in [3.05, 3.63) is 54.0 Å². The van der Waals surface area contributed by atoms with Crippen LogP contribution in [0.25, 0.3) is 10.9 Å². The highest BCUT2D eigenvalue weighted by Gasteiger charge is 2.49. The molecule has 0 bridgehead atoms. The number of nitrogens with two attached hydrogens (primary N) is 1. The van der Waals surface area contributed by atoms with Crippen molar-refractivity contribution in [1.29, 1.82) is 0 Å². The Kier molecular flexibility index (Phi) is 6.52. The minimum Gasteiger partial charge on any atom is -0.494 e. The van der Waals surface area contributed by atoms with Gasteiger partial charge in [-0.1, -0.05) is 6.92 Å². The molecule has 0 aliphatic carbocycles. The van der Waals surface area contributed by atoms with Crippen LogP contribution in [0.4, 0.5) is 4.39 Å². The van der Waals surface area contributed by atoms with Crippen LogP contribution in [-0.2, 0) is 26.0 Å². The van der Waals surface area contributed by atoms with Gasteiger partial charge in [-0.15, -0.1) is 0 Å². The van der Waals surface area contributed by atoms with Gasteiger partial charge in [-0.05, 0) is 49.4 Å². The molecule has 1 saturated heterocycles. The number of benzene rings is 2. The predicted molar refractivity (Wildman–Crippen MR) is 124 cm³/mol. The van der Waals surface area contributed by atoms with Gasteiger partial charge < -0.3 is 15.6 Å². The number of carboxylic acid groups (broad SMARTS) is 1. The van der Waals surface area contributed by atoms with E-state index in [1.165, 1.54) is 47.1 Å². The Morgan fingerprint density at radius 2 is 1.91 bits per heavy atom. The molecule has 0 spiro atoms. The number of nitrogens with zero attached hydrogens (tertiary/aromatic N) is 3. The fourth-order valence-corrected chi connectivity index (χ4v) is 6.29. The highest BCUT2D eigenvalue weighted by atomic mass is 32.2. The van der Waals surface area contributed by atoms with Gasteiger partial charge in [0.15, 0.2) is 0 Å². The fourth-order valence-electron chi connectivity index (χ4n) is 4.60. The van der Waals surface area contributed by atoms with Gasteiger partial charge in [-0.3, -0.25) is 14.3 Å². The van der Waals surface area contributed by atoms with Crippen LogP contribution in [0.1, 0.15) is 25.6 Å². The molecule has 3 N–H and O–H groups in total. The zero-order valence-corrected chi connectivity index (χ0v) is 19.9. The molecule has 10 nitrogen and oxygen atoms in total. The summed E-state index contributed by atoms with van der Waals surface area (Å²) in [4.78, 5) is 23.7. The first-order chi connectivity index (χ1) is 16.5. The normalized spacial score (nSPS) is 20.8. The number of carboxylic acids is 1. The molecule has 1 aromatic heterocycles. The van der Waals surface area contributed by atoms with Gasteiger partial charge in [0.05, 0.1) is 35.2 Å². The quantitative estimate of drug-likeness (QED) is 0.477. The lowest BCUT2D eigenvalue weighted by Gasteiger charge is -2.23. The van der Waals surface area contributed by atoms with Crippen LogP contribution in [0, 0.1) is 11.7 Å². The van der Waals surface area contributed by atoms with Gasteiger partial charge in [0.25, 0.3) is 0 Å². The number of halogens is 1. The van der Waals surface area contributed by atoms with Crippen LogP contribution in [0.3, 0.4) is 0 Å². The van der Waals surface area contributed by atoms with E-state index in [1.54, 1.807) is 13.8 Å². The van der Waals surface area contributed by atoms with Crippen LogP contribution in [0.2, 0.25) is 0 Å². The number of aliphatic carboxylic acids is 1. The number of carbonyl (C=O) groups excluding carboxylic acids is 1. The number of aromatic nitrogens is 2. The molecule has 1 aliphatic rings. The maximum absolute atomic E-state index is 14.1. The number of primary amides is 1. The molecular formula is C23H25FN4O6S. The summed E-state index contributed by atoms with van der Waals surface area (Å²) in [5.41, 5.74) is 6.15. The Hall–Kier alpha value is -3.51. The van der Waals surface area contributed by atoms with Gasteiger partial charge in [0.1, 0.15) is 17.6 Å². The summed E-state index contributed by atoms with van der Waals surface area (Å²) >= 11 is 0. The second kappa shape index (κ2) is 9.27. The Bertz CT molecular complexity index is 1390. The van der Waals surface area contributed by atoms with E-state index in [1.807, 2.05) is 0 Å². The summed E-state index contributed by atoms with van der Waals surface area (Å²) in [6, 6.07) is 7.79. The molecule has 0 unspecified atom stereocenters. The van der Waals surface area contributed by atoms with Crippen molar-refractivity contribution in [2.75, 3.05) is 13.2 Å². The molecule has 186 valence electrons. The maximum Gasteiger partial charge on any atom is 0.309 e. The highest BCUT2D eigenvalue weighted by molar-refractivity contribution is 7.89. The predicted octanol–water partition coefficient (Wildman–Crippen LogP) is 1.94. The number of sulfonamides is 1. The minimum atomic E-state index is -4.14. The molecule has 1 fully saturated rings. The van der Waals surface area contributed by atoms with Crippen LogP contribution in [0.15, 0.2) is 47.4 Å². The number of amides is 1. The van der Waals surface area contributed by atoms with Gasteiger partial charge in [0.2, 0.25) is 15.9 Å². The monoisotopic (exact) mass is 504 g/mol. The first-order valence-corrected chi connectivity index (χ1v) is 12.4. The maximum atomic E-state index is 14.1. The molecule has 12 heteroatoms. The second-order valence-corrected chi connectivity index (χ2v) is 10.3. The van der Waals surface area contributed by atoms with E-state index < -0.39 is 52.1 Å². The number of rotatable bonds is 8. The zero-order chi connectivity index (χ0) is 25.5. The summed E-state index contributed by atoms with van der Waals surface area (Å²) in [6.45, 7) is 3.73. The summed E-state index contributed by atoms with van der Waals surface area (Å²) < 4.78 is 48.9. The first kappa shape index (κ1) is 24.6. The van der Waals surface area contributed by atoms with E-state index in [0.29, 0.717) is 23.3 Å². The van der Waals surface area contributed by atoms with Crippen molar-refractivity contribution < 1.29 is 32.2 Å². The number of hydrogen-bond acceptors (Lipinski definition) is 6. The molecule has 3 aromatic rings. The lowest BCUT2D eigenvalue weighted by Crippen LogP contribution is -2.45. The molecular weight excluding hydrogens is 479 g/mol. The van der Waals surface area contributed by atoms with Crippen LogP contribution in [-0.4, -0.2) is 58.7 Å². The van der Waals surface area contributed by atoms with E-state index in [4.69, 9.17) is 10.5 Å². The van der Waals surface area contributed by atoms with Gasteiger partial charge in [-0.25, -0.2) is 12.8 Å². The van der Waals surface area contributed by atoms with Crippen molar-refractivity contribution in [3.8, 4) is 5.75 Å². The highest BCUT2D eigenvalue weighted by Crippen LogP contribution is 2.39. The topological polar surface area (TPSA) is 145 Å². The van der Waals surface area contributed by atoms with E-state index >= 15 is 0 Å². The standard InChI is InChI=1S/C23H25FN4O6S/c1-3-34-15-5-7-16(8-6-15)35(32,33)27-12-20(13(2)22(27)23(25)31)28-19-10-14(24)4-9-17(19)18(26-28)11-21(29)30/h4-10,13,20,22H,3,11-12H2,1-2H3,(H2,25,31)(H,29,30)/t13-,20-,22-/m1/s1. The van der Waals surface area contributed by atoms with Crippen molar-refractivity contribution in [2.24, 2.45) is 11.7 Å². The van der Waals surface area contributed by atoms with Gasteiger partial charge >= 0.3 is 5.97 Å².